The maximum Gasteiger partial charge on any atom is 0.314 e. The highest BCUT2D eigenvalue weighted by molar-refractivity contribution is 6.33. The van der Waals surface area contributed by atoms with Gasteiger partial charge in [-0.05, 0) is 37.0 Å². The number of aliphatic carboxylic acids is 1. The van der Waals surface area contributed by atoms with E-state index in [1.54, 1.807) is 6.07 Å². The van der Waals surface area contributed by atoms with Gasteiger partial charge < -0.3 is 14.6 Å². The van der Waals surface area contributed by atoms with Crippen molar-refractivity contribution in [1.29, 1.82) is 0 Å². The molecule has 1 fully saturated rings. The van der Waals surface area contributed by atoms with Crippen molar-refractivity contribution in [3.63, 3.8) is 0 Å². The average Bonchev–Trinajstić information content (AvgIpc) is 3.13. The highest BCUT2D eigenvalue weighted by Crippen LogP contribution is 2.53. The van der Waals surface area contributed by atoms with Crippen LogP contribution in [0.15, 0.2) is 6.07 Å². The van der Waals surface area contributed by atoms with Crippen molar-refractivity contribution in [3.8, 4) is 11.5 Å². The van der Waals surface area contributed by atoms with Crippen LogP contribution in [0.25, 0.3) is 0 Å². The Morgan fingerprint density at radius 1 is 1.39 bits per heavy atom. The van der Waals surface area contributed by atoms with E-state index in [1.807, 2.05) is 6.92 Å². The molecule has 1 aromatic carbocycles. The molecule has 2 rings (SSSR count). The standard InChI is InChI=1S/C13H15ClO4/c1-7-8(13(4-5-13)12(15)16)6-9(17-2)11(18-3)10(7)14/h6H,4-5H2,1-3H3,(H,15,16). The second-order valence-corrected chi connectivity index (χ2v) is 4.86. The first kappa shape index (κ1) is 13.0. The van der Waals surface area contributed by atoms with Crippen LogP contribution >= 0.6 is 11.6 Å². The number of carboxylic acid groups (broad SMARTS) is 1. The van der Waals surface area contributed by atoms with Gasteiger partial charge in [-0.25, -0.2) is 0 Å². The third-order valence-corrected chi connectivity index (χ3v) is 3.99. The number of hydrogen-bond donors (Lipinski definition) is 1. The number of hydrogen-bond acceptors (Lipinski definition) is 3. The number of ether oxygens (including phenoxy) is 2. The van der Waals surface area contributed by atoms with Gasteiger partial charge in [0.05, 0.1) is 24.7 Å². The maximum atomic E-state index is 11.4. The average molecular weight is 271 g/mol. The fourth-order valence-corrected chi connectivity index (χ4v) is 2.54. The molecule has 0 aliphatic heterocycles. The molecule has 0 bridgehead atoms. The van der Waals surface area contributed by atoms with E-state index in [9.17, 15) is 9.90 Å². The van der Waals surface area contributed by atoms with Crippen LogP contribution in [0.2, 0.25) is 5.02 Å². The molecule has 4 nitrogen and oxygen atoms in total. The van der Waals surface area contributed by atoms with Crippen LogP contribution in [0, 0.1) is 6.92 Å². The highest BCUT2D eigenvalue weighted by Gasteiger charge is 2.53. The number of halogens is 1. The lowest BCUT2D eigenvalue weighted by molar-refractivity contribution is -0.140. The summed E-state index contributed by atoms with van der Waals surface area (Å²) in [6.45, 7) is 1.81. The van der Waals surface area contributed by atoms with Gasteiger partial charge in [-0.15, -0.1) is 0 Å². The van der Waals surface area contributed by atoms with Crippen LogP contribution < -0.4 is 9.47 Å². The first-order chi connectivity index (χ1) is 8.47. The highest BCUT2D eigenvalue weighted by atomic mass is 35.5. The summed E-state index contributed by atoms with van der Waals surface area (Å²) in [6, 6.07) is 1.72. The lowest BCUT2D eigenvalue weighted by Gasteiger charge is -2.19. The van der Waals surface area contributed by atoms with Gasteiger partial charge in [0.25, 0.3) is 0 Å². The van der Waals surface area contributed by atoms with Crippen LogP contribution in [0.1, 0.15) is 24.0 Å². The van der Waals surface area contributed by atoms with E-state index in [2.05, 4.69) is 0 Å². The van der Waals surface area contributed by atoms with Gasteiger partial charge in [-0.3, -0.25) is 4.79 Å². The third-order valence-electron chi connectivity index (χ3n) is 3.53. The monoisotopic (exact) mass is 270 g/mol. The molecule has 0 saturated heterocycles. The number of carbonyl (C=O) groups is 1. The van der Waals surface area contributed by atoms with Crippen molar-refractivity contribution < 1.29 is 19.4 Å². The Morgan fingerprint density at radius 3 is 2.39 bits per heavy atom. The fraction of sp³-hybridized carbons (Fsp3) is 0.462. The summed E-state index contributed by atoms with van der Waals surface area (Å²) in [7, 11) is 3.01. The van der Waals surface area contributed by atoms with Crippen molar-refractivity contribution in [1.82, 2.24) is 0 Å². The summed E-state index contributed by atoms with van der Waals surface area (Å²) in [6.07, 6.45) is 1.27. The summed E-state index contributed by atoms with van der Waals surface area (Å²) in [5.41, 5.74) is 0.666. The molecule has 1 aliphatic carbocycles. The van der Waals surface area contributed by atoms with E-state index in [4.69, 9.17) is 21.1 Å². The molecule has 1 aromatic rings. The zero-order valence-corrected chi connectivity index (χ0v) is 11.3. The van der Waals surface area contributed by atoms with Gasteiger partial charge >= 0.3 is 5.97 Å². The lowest BCUT2D eigenvalue weighted by Crippen LogP contribution is -2.21. The molecule has 18 heavy (non-hydrogen) atoms. The Bertz CT molecular complexity index is 506. The normalized spacial score (nSPS) is 16.2. The van der Waals surface area contributed by atoms with E-state index in [0.29, 0.717) is 29.4 Å². The van der Waals surface area contributed by atoms with Crippen LogP contribution in [-0.4, -0.2) is 25.3 Å². The second-order valence-electron chi connectivity index (χ2n) is 4.49. The minimum Gasteiger partial charge on any atom is -0.493 e. The van der Waals surface area contributed by atoms with Gasteiger partial charge in [0.1, 0.15) is 0 Å². The summed E-state index contributed by atoms with van der Waals surface area (Å²) in [4.78, 5) is 11.4. The predicted octanol–water partition coefficient (Wildman–Crippen LogP) is 2.78. The van der Waals surface area contributed by atoms with Gasteiger partial charge in [-0.2, -0.15) is 0 Å². The molecule has 0 atom stereocenters. The molecule has 5 heteroatoms. The van der Waals surface area contributed by atoms with Crippen molar-refractivity contribution in [2.45, 2.75) is 25.2 Å². The molecule has 0 aromatic heterocycles. The second kappa shape index (κ2) is 4.35. The van der Waals surface area contributed by atoms with Crippen molar-refractivity contribution in [2.24, 2.45) is 0 Å². The largest absolute Gasteiger partial charge is 0.493 e. The Balaban J connectivity index is 2.63. The number of benzene rings is 1. The number of methoxy groups -OCH3 is 2. The molecule has 1 aliphatic rings. The Hall–Kier alpha value is -1.42. The van der Waals surface area contributed by atoms with Gasteiger partial charge in [0.15, 0.2) is 11.5 Å². The summed E-state index contributed by atoms with van der Waals surface area (Å²) in [5, 5.41) is 9.76. The van der Waals surface area contributed by atoms with Crippen LogP contribution in [-0.2, 0) is 10.2 Å². The van der Waals surface area contributed by atoms with E-state index in [-0.39, 0.29) is 0 Å². The van der Waals surface area contributed by atoms with E-state index < -0.39 is 11.4 Å². The molecular formula is C13H15ClO4. The van der Waals surface area contributed by atoms with E-state index >= 15 is 0 Å². The molecule has 0 unspecified atom stereocenters. The molecule has 0 radical (unpaired) electrons. The summed E-state index contributed by atoms with van der Waals surface area (Å²) < 4.78 is 10.4. The zero-order chi connectivity index (χ0) is 13.5. The lowest BCUT2D eigenvalue weighted by atomic mass is 9.91. The molecule has 1 saturated carbocycles. The molecule has 0 amide bonds. The first-order valence-electron chi connectivity index (χ1n) is 5.63. The van der Waals surface area contributed by atoms with Crippen molar-refractivity contribution in [3.05, 3.63) is 22.2 Å². The SMILES string of the molecule is COc1cc(C2(C(=O)O)CC2)c(C)c(Cl)c1OC. The quantitative estimate of drug-likeness (QED) is 0.914. The van der Waals surface area contributed by atoms with Crippen molar-refractivity contribution in [2.75, 3.05) is 14.2 Å². The summed E-state index contributed by atoms with van der Waals surface area (Å²) in [5.74, 6) is 0.103. The Kier molecular flexibility index (Phi) is 3.15. The smallest absolute Gasteiger partial charge is 0.314 e. The molecular weight excluding hydrogens is 256 g/mol. The summed E-state index contributed by atoms with van der Waals surface area (Å²) >= 11 is 6.22. The number of rotatable bonds is 4. The maximum absolute atomic E-state index is 11.4. The molecule has 98 valence electrons. The van der Waals surface area contributed by atoms with Crippen LogP contribution in [0.5, 0.6) is 11.5 Å². The van der Waals surface area contributed by atoms with Gasteiger partial charge in [-0.1, -0.05) is 11.6 Å². The first-order valence-corrected chi connectivity index (χ1v) is 6.00. The topological polar surface area (TPSA) is 55.8 Å². The van der Waals surface area contributed by atoms with Gasteiger partial charge in [0, 0.05) is 0 Å². The van der Waals surface area contributed by atoms with Crippen LogP contribution in [0.4, 0.5) is 0 Å². The van der Waals surface area contributed by atoms with Crippen molar-refractivity contribution >= 4 is 17.6 Å². The third kappa shape index (κ3) is 1.72. The predicted molar refractivity (Wildman–Crippen MR) is 67.8 cm³/mol. The Labute approximate surface area is 110 Å². The van der Waals surface area contributed by atoms with Gasteiger partial charge in [0.2, 0.25) is 0 Å². The fourth-order valence-electron chi connectivity index (χ4n) is 2.26. The molecule has 0 spiro atoms. The van der Waals surface area contributed by atoms with E-state index in [0.717, 1.165) is 11.1 Å². The molecule has 0 heterocycles. The van der Waals surface area contributed by atoms with Crippen LogP contribution in [0.3, 0.4) is 0 Å². The molecule has 1 N–H and O–H groups in total. The number of carboxylic acids is 1. The zero-order valence-electron chi connectivity index (χ0n) is 10.5. The minimum atomic E-state index is -0.811. The van der Waals surface area contributed by atoms with E-state index in [1.165, 1.54) is 14.2 Å². The minimum absolute atomic E-state index is 0.416. The Morgan fingerprint density at radius 2 is 2.00 bits per heavy atom.